The SMILES string of the molecule is Cc1cccc(C)c1B1c2ccccc2B(c2c(C)cccc2C)c2cc(Cl)ccc21. The van der Waals surface area contributed by atoms with E-state index in [1.54, 1.807) is 0 Å². The number of fused-ring (bicyclic) bond motifs is 2. The molecule has 4 aromatic rings. The van der Waals surface area contributed by atoms with Gasteiger partial charge in [-0.2, -0.15) is 0 Å². The Kier molecular flexibility index (Phi) is 5.07. The number of rotatable bonds is 2. The van der Waals surface area contributed by atoms with Crippen LogP contribution in [0.25, 0.3) is 0 Å². The van der Waals surface area contributed by atoms with Crippen LogP contribution in [-0.4, -0.2) is 13.4 Å². The van der Waals surface area contributed by atoms with Crippen molar-refractivity contribution in [3.8, 4) is 0 Å². The summed E-state index contributed by atoms with van der Waals surface area (Å²) in [5, 5.41) is 0.801. The molecule has 31 heavy (non-hydrogen) atoms. The molecule has 0 fully saturated rings. The van der Waals surface area contributed by atoms with Crippen LogP contribution in [0.15, 0.2) is 78.9 Å². The molecule has 0 saturated heterocycles. The number of halogens is 1. The van der Waals surface area contributed by atoms with Crippen LogP contribution in [0.2, 0.25) is 5.02 Å². The van der Waals surface area contributed by atoms with Crippen molar-refractivity contribution in [3.63, 3.8) is 0 Å². The zero-order valence-corrected chi connectivity index (χ0v) is 19.3. The number of hydrogen-bond donors (Lipinski definition) is 0. The minimum absolute atomic E-state index is 0.187. The van der Waals surface area contributed by atoms with E-state index in [-0.39, 0.29) is 13.4 Å². The molecule has 0 radical (unpaired) electrons. The highest BCUT2D eigenvalue weighted by molar-refractivity contribution is 7.11. The maximum atomic E-state index is 6.59. The van der Waals surface area contributed by atoms with Crippen LogP contribution in [-0.2, 0) is 0 Å². The van der Waals surface area contributed by atoms with Gasteiger partial charge in [0.25, 0.3) is 0 Å². The second-order valence-corrected chi connectivity index (χ2v) is 9.32. The zero-order chi connectivity index (χ0) is 21.7. The summed E-state index contributed by atoms with van der Waals surface area (Å²) in [6, 6.07) is 28.7. The van der Waals surface area contributed by atoms with Gasteiger partial charge in [0.1, 0.15) is 0 Å². The van der Waals surface area contributed by atoms with Gasteiger partial charge in [0.2, 0.25) is 13.4 Å². The van der Waals surface area contributed by atoms with Gasteiger partial charge in [-0.05, 0) is 39.8 Å². The average Bonchev–Trinajstić information content (AvgIpc) is 2.74. The molecule has 0 spiro atoms. The first-order valence-corrected chi connectivity index (χ1v) is 11.4. The summed E-state index contributed by atoms with van der Waals surface area (Å²) in [4.78, 5) is 0. The van der Waals surface area contributed by atoms with E-state index < -0.39 is 0 Å². The van der Waals surface area contributed by atoms with E-state index in [1.807, 2.05) is 0 Å². The fourth-order valence-corrected chi connectivity index (χ4v) is 5.80. The van der Waals surface area contributed by atoms with Crippen molar-refractivity contribution in [2.24, 2.45) is 0 Å². The Labute approximate surface area is 191 Å². The monoisotopic (exact) mass is 418 g/mol. The summed E-state index contributed by atoms with van der Waals surface area (Å²) in [5.74, 6) is 0. The smallest absolute Gasteiger partial charge is 0.0844 e. The van der Waals surface area contributed by atoms with E-state index in [9.17, 15) is 0 Å². The maximum absolute atomic E-state index is 6.59. The Morgan fingerprint density at radius 2 is 0.903 bits per heavy atom. The number of benzene rings is 4. The van der Waals surface area contributed by atoms with Gasteiger partial charge < -0.3 is 0 Å². The van der Waals surface area contributed by atoms with Crippen molar-refractivity contribution in [3.05, 3.63) is 106 Å². The van der Waals surface area contributed by atoms with Crippen molar-refractivity contribution in [2.45, 2.75) is 27.7 Å². The lowest BCUT2D eigenvalue weighted by atomic mass is 9.20. The first-order chi connectivity index (χ1) is 15.0. The molecule has 0 N–H and O–H groups in total. The lowest BCUT2D eigenvalue weighted by molar-refractivity contribution is 1.42. The molecule has 0 bridgehead atoms. The van der Waals surface area contributed by atoms with Gasteiger partial charge in [0.05, 0.1) is 0 Å². The van der Waals surface area contributed by atoms with E-state index in [4.69, 9.17) is 11.6 Å². The van der Waals surface area contributed by atoms with Crippen molar-refractivity contribution < 1.29 is 0 Å². The number of aryl methyl sites for hydroxylation is 4. The third kappa shape index (κ3) is 3.25. The van der Waals surface area contributed by atoms with Crippen molar-refractivity contribution >= 4 is 57.8 Å². The third-order valence-corrected chi connectivity index (χ3v) is 7.19. The van der Waals surface area contributed by atoms with Gasteiger partial charge in [0.15, 0.2) is 0 Å². The first-order valence-electron chi connectivity index (χ1n) is 11.0. The predicted octanol–water partition coefficient (Wildman–Crippen LogP) is 2.92. The summed E-state index contributed by atoms with van der Waals surface area (Å²) < 4.78 is 0. The Bertz CT molecular complexity index is 1270. The minimum Gasteiger partial charge on any atom is -0.0844 e. The van der Waals surface area contributed by atoms with Crippen LogP contribution >= 0.6 is 11.6 Å². The van der Waals surface area contributed by atoms with Gasteiger partial charge in [-0.15, -0.1) is 0 Å². The summed E-state index contributed by atoms with van der Waals surface area (Å²) in [6.45, 7) is 9.33. The van der Waals surface area contributed by atoms with Crippen LogP contribution in [0.3, 0.4) is 0 Å². The first kappa shape index (κ1) is 20.2. The van der Waals surface area contributed by atoms with Crippen molar-refractivity contribution in [2.75, 3.05) is 0 Å². The van der Waals surface area contributed by atoms with Gasteiger partial charge in [-0.3, -0.25) is 0 Å². The zero-order valence-electron chi connectivity index (χ0n) is 18.5. The Balaban J connectivity index is 1.88. The summed E-state index contributed by atoms with van der Waals surface area (Å²) in [6.07, 6.45) is 0. The molecule has 5 rings (SSSR count). The summed E-state index contributed by atoms with van der Waals surface area (Å²) >= 11 is 6.59. The second kappa shape index (κ2) is 7.77. The quantitative estimate of drug-likeness (QED) is 0.387. The molecule has 4 aromatic carbocycles. The lowest BCUT2D eigenvalue weighted by Crippen LogP contribution is -2.75. The molecule has 0 aromatic heterocycles. The molecule has 0 nitrogen and oxygen atoms in total. The van der Waals surface area contributed by atoms with E-state index >= 15 is 0 Å². The van der Waals surface area contributed by atoms with E-state index in [1.165, 1.54) is 55.0 Å². The topological polar surface area (TPSA) is 0 Å². The number of hydrogen-bond acceptors (Lipinski definition) is 0. The van der Waals surface area contributed by atoms with Gasteiger partial charge in [0, 0.05) is 5.02 Å². The Morgan fingerprint density at radius 1 is 0.484 bits per heavy atom. The highest BCUT2D eigenvalue weighted by Crippen LogP contribution is 2.12. The van der Waals surface area contributed by atoms with E-state index in [2.05, 4.69) is 107 Å². The fourth-order valence-electron chi connectivity index (χ4n) is 5.62. The summed E-state index contributed by atoms with van der Waals surface area (Å²) in [5.41, 5.74) is 13.6. The summed E-state index contributed by atoms with van der Waals surface area (Å²) in [7, 11) is 0. The maximum Gasteiger partial charge on any atom is 0.240 e. The van der Waals surface area contributed by atoms with E-state index in [0.717, 1.165) is 5.02 Å². The molecule has 0 unspecified atom stereocenters. The molecule has 150 valence electrons. The van der Waals surface area contributed by atoms with Gasteiger partial charge in [-0.25, -0.2) is 0 Å². The Hall–Kier alpha value is -2.70. The third-order valence-electron chi connectivity index (χ3n) is 6.95. The minimum atomic E-state index is 0.187. The highest BCUT2D eigenvalue weighted by Gasteiger charge is 2.40. The molecular formula is C28H25B2Cl. The van der Waals surface area contributed by atoms with Gasteiger partial charge in [-0.1, -0.05) is 133 Å². The van der Waals surface area contributed by atoms with Crippen LogP contribution in [0.4, 0.5) is 0 Å². The fraction of sp³-hybridized carbons (Fsp3) is 0.143. The molecule has 0 saturated carbocycles. The molecule has 1 aliphatic rings. The van der Waals surface area contributed by atoms with E-state index in [0.29, 0.717) is 0 Å². The predicted molar refractivity (Wildman–Crippen MR) is 139 cm³/mol. The van der Waals surface area contributed by atoms with Crippen LogP contribution < -0.4 is 32.8 Å². The molecular weight excluding hydrogens is 393 g/mol. The van der Waals surface area contributed by atoms with Crippen LogP contribution in [0, 0.1) is 27.7 Å². The largest absolute Gasteiger partial charge is 0.240 e. The second-order valence-electron chi connectivity index (χ2n) is 8.88. The average molecular weight is 419 g/mol. The van der Waals surface area contributed by atoms with Crippen LogP contribution in [0.1, 0.15) is 22.3 Å². The molecule has 0 aliphatic carbocycles. The van der Waals surface area contributed by atoms with Gasteiger partial charge >= 0.3 is 0 Å². The highest BCUT2D eigenvalue weighted by atomic mass is 35.5. The molecule has 3 heteroatoms. The Morgan fingerprint density at radius 3 is 1.39 bits per heavy atom. The molecule has 0 amide bonds. The molecule has 1 aliphatic heterocycles. The normalized spacial score (nSPS) is 12.5. The standard InChI is InChI=1S/C28H25B2Cl/c1-18-9-7-10-19(2)27(18)29-23-13-5-6-14-24(23)30(26-17-22(31)15-16-25(26)29)28-20(3)11-8-12-21(28)4/h5-17H,1-4H3. The van der Waals surface area contributed by atoms with Crippen LogP contribution in [0.5, 0.6) is 0 Å². The lowest BCUT2D eigenvalue weighted by Gasteiger charge is -2.34. The molecule has 0 atom stereocenters. The van der Waals surface area contributed by atoms with Crippen molar-refractivity contribution in [1.82, 2.24) is 0 Å². The van der Waals surface area contributed by atoms with Crippen molar-refractivity contribution in [1.29, 1.82) is 0 Å². The molecule has 1 heterocycles.